The summed E-state index contributed by atoms with van der Waals surface area (Å²) in [5, 5.41) is 15.4. The van der Waals surface area contributed by atoms with Crippen LogP contribution in [0.1, 0.15) is 30.1 Å². The normalized spacial score (nSPS) is 14.6. The Kier molecular flexibility index (Phi) is 5.00. The Bertz CT molecular complexity index is 469. The number of halogens is 1. The summed E-state index contributed by atoms with van der Waals surface area (Å²) in [4.78, 5) is 1.27. The van der Waals surface area contributed by atoms with E-state index in [0.717, 1.165) is 11.0 Å². The molecular weight excluding hydrogens is 314 g/mol. The molecule has 0 saturated heterocycles. The van der Waals surface area contributed by atoms with Gasteiger partial charge < -0.3 is 14.8 Å². The van der Waals surface area contributed by atoms with Gasteiger partial charge in [-0.3, -0.25) is 0 Å². The maximum Gasteiger partial charge on any atom is 0.132 e. The molecule has 0 aliphatic carbocycles. The predicted octanol–water partition coefficient (Wildman–Crippen LogP) is 3.71. The highest BCUT2D eigenvalue weighted by atomic mass is 79.9. The Labute approximate surface area is 119 Å². The number of furan rings is 1. The van der Waals surface area contributed by atoms with E-state index in [2.05, 4.69) is 33.6 Å². The van der Waals surface area contributed by atoms with Crippen molar-refractivity contribution in [2.75, 3.05) is 0 Å². The van der Waals surface area contributed by atoms with Crippen molar-refractivity contribution in [3.8, 4) is 0 Å². The fourth-order valence-electron chi connectivity index (χ4n) is 1.73. The van der Waals surface area contributed by atoms with Crippen LogP contribution in [-0.4, -0.2) is 11.1 Å². The van der Waals surface area contributed by atoms with E-state index >= 15 is 0 Å². The van der Waals surface area contributed by atoms with Gasteiger partial charge in [-0.15, -0.1) is 11.3 Å². The summed E-state index contributed by atoms with van der Waals surface area (Å²) in [5.41, 5.74) is 0. The van der Waals surface area contributed by atoms with Crippen molar-refractivity contribution in [2.24, 2.45) is 0 Å². The molecule has 2 atom stereocenters. The van der Waals surface area contributed by atoms with Crippen molar-refractivity contribution in [3.05, 3.63) is 45.0 Å². The molecule has 0 aliphatic heterocycles. The first kappa shape index (κ1) is 13.8. The minimum absolute atomic E-state index is 0.221. The first-order chi connectivity index (χ1) is 8.66. The Morgan fingerprint density at radius 2 is 2.33 bits per heavy atom. The lowest BCUT2D eigenvalue weighted by Crippen LogP contribution is -2.27. The van der Waals surface area contributed by atoms with Crippen LogP contribution in [0.4, 0.5) is 0 Å². The third-order valence-electron chi connectivity index (χ3n) is 2.75. The maximum atomic E-state index is 9.95. The molecule has 2 aromatic rings. The van der Waals surface area contributed by atoms with E-state index in [4.69, 9.17) is 4.42 Å². The van der Waals surface area contributed by atoms with Crippen molar-refractivity contribution in [1.29, 1.82) is 0 Å². The molecule has 98 valence electrons. The Hall–Kier alpha value is -0.620. The zero-order valence-corrected chi connectivity index (χ0v) is 12.5. The Morgan fingerprint density at radius 3 is 2.94 bits per heavy atom. The highest BCUT2D eigenvalue weighted by Crippen LogP contribution is 2.23. The lowest BCUT2D eigenvalue weighted by atomic mass is 10.1. The van der Waals surface area contributed by atoms with Gasteiger partial charge >= 0.3 is 0 Å². The van der Waals surface area contributed by atoms with Gasteiger partial charge in [0.05, 0.1) is 6.26 Å². The van der Waals surface area contributed by atoms with Crippen LogP contribution < -0.4 is 5.32 Å². The molecule has 0 aliphatic rings. The molecular formula is C13H16BrNO2S. The first-order valence-electron chi connectivity index (χ1n) is 5.83. The van der Waals surface area contributed by atoms with Gasteiger partial charge in [0.15, 0.2) is 0 Å². The van der Waals surface area contributed by atoms with E-state index in [1.54, 1.807) is 29.7 Å². The van der Waals surface area contributed by atoms with Gasteiger partial charge in [-0.1, -0.05) is 0 Å². The summed E-state index contributed by atoms with van der Waals surface area (Å²) in [5.74, 6) is 0.626. The zero-order chi connectivity index (χ0) is 13.0. The lowest BCUT2D eigenvalue weighted by molar-refractivity contribution is 0.128. The molecule has 0 radical (unpaired) electrons. The van der Waals surface area contributed by atoms with Gasteiger partial charge in [-0.2, -0.15) is 0 Å². The van der Waals surface area contributed by atoms with Gasteiger partial charge in [0.25, 0.3) is 0 Å². The summed E-state index contributed by atoms with van der Waals surface area (Å²) >= 11 is 5.22. The maximum absolute atomic E-state index is 9.95. The van der Waals surface area contributed by atoms with E-state index in [1.807, 2.05) is 6.07 Å². The predicted molar refractivity (Wildman–Crippen MR) is 76.6 cm³/mol. The highest BCUT2D eigenvalue weighted by molar-refractivity contribution is 9.10. The molecule has 0 amide bonds. The Morgan fingerprint density at radius 1 is 1.50 bits per heavy atom. The van der Waals surface area contributed by atoms with Crippen molar-refractivity contribution >= 4 is 27.3 Å². The summed E-state index contributed by atoms with van der Waals surface area (Å²) < 4.78 is 6.32. The highest BCUT2D eigenvalue weighted by Gasteiger charge is 2.14. The van der Waals surface area contributed by atoms with Crippen LogP contribution in [0.5, 0.6) is 0 Å². The quantitative estimate of drug-likeness (QED) is 0.849. The fraction of sp³-hybridized carbons (Fsp3) is 0.385. The second-order valence-electron chi connectivity index (χ2n) is 4.24. The summed E-state index contributed by atoms with van der Waals surface area (Å²) in [6, 6.07) is 5.86. The molecule has 0 unspecified atom stereocenters. The van der Waals surface area contributed by atoms with E-state index in [-0.39, 0.29) is 6.04 Å². The van der Waals surface area contributed by atoms with E-state index < -0.39 is 6.10 Å². The van der Waals surface area contributed by atoms with Crippen LogP contribution in [0.25, 0.3) is 0 Å². The van der Waals surface area contributed by atoms with Crippen LogP contribution in [0.3, 0.4) is 0 Å². The SMILES string of the molecule is C[C@@H](C[C@@H](O)c1ccco1)NCc1sccc1Br. The summed E-state index contributed by atoms with van der Waals surface area (Å²) in [6.07, 6.45) is 1.67. The van der Waals surface area contributed by atoms with Gasteiger partial charge in [0.1, 0.15) is 11.9 Å². The van der Waals surface area contributed by atoms with E-state index in [0.29, 0.717) is 12.2 Å². The van der Waals surface area contributed by atoms with Crippen LogP contribution in [0, 0.1) is 0 Å². The second kappa shape index (κ2) is 6.52. The number of nitrogens with one attached hydrogen (secondary N) is 1. The van der Waals surface area contributed by atoms with Gasteiger partial charge in [-0.25, -0.2) is 0 Å². The average molecular weight is 330 g/mol. The second-order valence-corrected chi connectivity index (χ2v) is 6.10. The largest absolute Gasteiger partial charge is 0.467 e. The number of aliphatic hydroxyl groups is 1. The molecule has 18 heavy (non-hydrogen) atoms. The number of thiophene rings is 1. The van der Waals surface area contributed by atoms with Crippen molar-refractivity contribution in [1.82, 2.24) is 5.32 Å². The van der Waals surface area contributed by atoms with Crippen LogP contribution >= 0.6 is 27.3 Å². The number of hydrogen-bond acceptors (Lipinski definition) is 4. The van der Waals surface area contributed by atoms with Gasteiger partial charge in [0.2, 0.25) is 0 Å². The molecule has 2 heterocycles. The third-order valence-corrected chi connectivity index (χ3v) is 4.68. The molecule has 0 aromatic carbocycles. The van der Waals surface area contributed by atoms with Crippen LogP contribution in [0.15, 0.2) is 38.7 Å². The Balaban J connectivity index is 1.79. The molecule has 5 heteroatoms. The molecule has 2 aromatic heterocycles. The van der Waals surface area contributed by atoms with Crippen molar-refractivity contribution in [2.45, 2.75) is 32.0 Å². The van der Waals surface area contributed by atoms with Crippen molar-refractivity contribution < 1.29 is 9.52 Å². The fourth-order valence-corrected chi connectivity index (χ4v) is 3.18. The smallest absolute Gasteiger partial charge is 0.132 e. The molecule has 2 rings (SSSR count). The lowest BCUT2D eigenvalue weighted by Gasteiger charge is -2.16. The average Bonchev–Trinajstić information content (AvgIpc) is 2.97. The van der Waals surface area contributed by atoms with E-state index in [9.17, 15) is 5.11 Å². The van der Waals surface area contributed by atoms with Crippen molar-refractivity contribution in [3.63, 3.8) is 0 Å². The number of aliphatic hydroxyl groups excluding tert-OH is 1. The number of rotatable bonds is 6. The molecule has 3 nitrogen and oxygen atoms in total. The van der Waals surface area contributed by atoms with Gasteiger partial charge in [-0.05, 0) is 52.9 Å². The summed E-state index contributed by atoms with van der Waals surface area (Å²) in [6.45, 7) is 2.87. The molecule has 2 N–H and O–H groups in total. The van der Waals surface area contributed by atoms with Crippen LogP contribution in [0.2, 0.25) is 0 Å². The molecule has 0 saturated carbocycles. The topological polar surface area (TPSA) is 45.4 Å². The monoisotopic (exact) mass is 329 g/mol. The van der Waals surface area contributed by atoms with E-state index in [1.165, 1.54) is 4.88 Å². The molecule has 0 fully saturated rings. The zero-order valence-electron chi connectivity index (χ0n) is 10.1. The minimum Gasteiger partial charge on any atom is -0.467 e. The van der Waals surface area contributed by atoms with Crippen LogP contribution in [-0.2, 0) is 6.54 Å². The molecule has 0 bridgehead atoms. The number of hydrogen-bond donors (Lipinski definition) is 2. The molecule has 0 spiro atoms. The van der Waals surface area contributed by atoms with Gasteiger partial charge in [0, 0.05) is 21.9 Å². The third kappa shape index (κ3) is 3.68. The standard InChI is InChI=1S/C13H16BrNO2S/c1-9(7-11(16)12-3-2-5-17-12)15-8-13-10(14)4-6-18-13/h2-6,9,11,15-16H,7-8H2,1H3/t9-,11+/m0/s1. The first-order valence-corrected chi connectivity index (χ1v) is 7.51. The minimum atomic E-state index is -0.547. The summed E-state index contributed by atoms with van der Waals surface area (Å²) in [7, 11) is 0.